The van der Waals surface area contributed by atoms with E-state index in [1.54, 1.807) is 7.05 Å². The molecule has 0 unspecified atom stereocenters. The van der Waals surface area contributed by atoms with Gasteiger partial charge in [-0.05, 0) is 46.2 Å². The van der Waals surface area contributed by atoms with E-state index in [0.29, 0.717) is 0 Å². The summed E-state index contributed by atoms with van der Waals surface area (Å²) in [5.41, 5.74) is 2.19. The van der Waals surface area contributed by atoms with Crippen LogP contribution in [0, 0.1) is 0 Å². The first-order chi connectivity index (χ1) is 8.69. The summed E-state index contributed by atoms with van der Waals surface area (Å²) in [5.74, 6) is 0.753. The predicted octanol–water partition coefficient (Wildman–Crippen LogP) is 2.03. The molecule has 0 aliphatic carbocycles. The van der Waals surface area contributed by atoms with Crippen molar-refractivity contribution in [2.24, 2.45) is 4.99 Å². The smallest absolute Gasteiger partial charge is 0.213 e. The maximum absolute atomic E-state index is 5.76. The zero-order valence-electron chi connectivity index (χ0n) is 12.3. The summed E-state index contributed by atoms with van der Waals surface area (Å²) in [6, 6.07) is 0. The second-order valence-corrected chi connectivity index (χ2v) is 4.78. The zero-order chi connectivity index (χ0) is 13.4. The normalized spacial score (nSPS) is 18.8. The Morgan fingerprint density at radius 3 is 2.50 bits per heavy atom. The molecule has 104 valence electrons. The monoisotopic (exact) mass is 253 g/mol. The van der Waals surface area contributed by atoms with Crippen molar-refractivity contribution in [3.8, 4) is 0 Å². The summed E-state index contributed by atoms with van der Waals surface area (Å²) in [6.07, 6.45) is 3.78. The van der Waals surface area contributed by atoms with Crippen LogP contribution in [-0.4, -0.2) is 51.1 Å². The van der Waals surface area contributed by atoms with Crippen LogP contribution >= 0.6 is 0 Å². The van der Waals surface area contributed by atoms with Crippen molar-refractivity contribution in [3.63, 3.8) is 0 Å². The number of ether oxygens (including phenoxy) is 1. The Hall–Kier alpha value is -1.03. The number of nitrogens with one attached hydrogen (secondary N) is 1. The second-order valence-electron chi connectivity index (χ2n) is 4.78. The van der Waals surface area contributed by atoms with Crippen molar-refractivity contribution in [1.29, 1.82) is 0 Å². The summed E-state index contributed by atoms with van der Waals surface area (Å²) in [7, 11) is 3.70. The molecule has 0 spiro atoms. The summed E-state index contributed by atoms with van der Waals surface area (Å²) in [6.45, 7) is 8.48. The van der Waals surface area contributed by atoms with Gasteiger partial charge in [0.15, 0.2) is 0 Å². The van der Waals surface area contributed by atoms with Crippen molar-refractivity contribution in [1.82, 2.24) is 10.2 Å². The van der Waals surface area contributed by atoms with Crippen LogP contribution in [0.1, 0.15) is 33.1 Å². The lowest BCUT2D eigenvalue weighted by Gasteiger charge is -2.15. The highest BCUT2D eigenvalue weighted by Gasteiger charge is 2.11. The van der Waals surface area contributed by atoms with Gasteiger partial charge in [-0.15, -0.1) is 0 Å². The Balaban J connectivity index is 2.27. The first kappa shape index (κ1) is 15.0. The van der Waals surface area contributed by atoms with Gasteiger partial charge in [-0.2, -0.15) is 0 Å². The molecule has 4 nitrogen and oxygen atoms in total. The molecule has 1 rings (SSSR count). The lowest BCUT2D eigenvalue weighted by atomic mass is 10.2. The summed E-state index contributed by atoms with van der Waals surface area (Å²) >= 11 is 0. The molecule has 0 bridgehead atoms. The molecule has 1 fully saturated rings. The summed E-state index contributed by atoms with van der Waals surface area (Å²) in [5, 5.41) is 3.13. The number of allylic oxidation sites excluding steroid dienone is 1. The fourth-order valence-corrected chi connectivity index (χ4v) is 2.15. The van der Waals surface area contributed by atoms with Crippen molar-refractivity contribution < 1.29 is 4.74 Å². The van der Waals surface area contributed by atoms with Gasteiger partial charge in [0.05, 0.1) is 6.61 Å². The third-order valence-corrected chi connectivity index (χ3v) is 3.52. The average molecular weight is 253 g/mol. The topological polar surface area (TPSA) is 36.9 Å². The molecule has 1 aliphatic heterocycles. The van der Waals surface area contributed by atoms with E-state index in [1.807, 2.05) is 20.9 Å². The molecule has 1 N–H and O–H groups in total. The fraction of sp³-hybridized carbons (Fsp3) is 0.786. The van der Waals surface area contributed by atoms with E-state index in [-0.39, 0.29) is 0 Å². The van der Waals surface area contributed by atoms with Crippen molar-refractivity contribution >= 4 is 5.90 Å². The Morgan fingerprint density at radius 1 is 1.28 bits per heavy atom. The second kappa shape index (κ2) is 8.14. The third kappa shape index (κ3) is 4.69. The standard InChI is InChI=1S/C14H27N3O/c1-12(13(2)15-3)14(16-4)18-11-7-10-17-8-5-6-9-17/h15H,5-11H2,1-4H3/b13-12+,16-14+. The quantitative estimate of drug-likeness (QED) is 0.447. The van der Waals surface area contributed by atoms with Crippen LogP contribution in [0.5, 0.6) is 0 Å². The molecule has 1 heterocycles. The van der Waals surface area contributed by atoms with Crippen molar-refractivity contribution in [2.45, 2.75) is 33.1 Å². The first-order valence-corrected chi connectivity index (χ1v) is 6.86. The molecule has 1 aliphatic rings. The van der Waals surface area contributed by atoms with Gasteiger partial charge >= 0.3 is 0 Å². The predicted molar refractivity (Wildman–Crippen MR) is 77.0 cm³/mol. The molecule has 4 heteroatoms. The minimum absolute atomic E-state index is 0.748. The highest BCUT2D eigenvalue weighted by molar-refractivity contribution is 5.93. The van der Waals surface area contributed by atoms with Gasteiger partial charge in [-0.25, -0.2) is 0 Å². The third-order valence-electron chi connectivity index (χ3n) is 3.52. The number of nitrogens with zero attached hydrogens (tertiary/aromatic N) is 2. The molecule has 0 amide bonds. The van der Waals surface area contributed by atoms with Gasteiger partial charge in [0.2, 0.25) is 5.90 Å². The zero-order valence-corrected chi connectivity index (χ0v) is 12.3. The summed E-state index contributed by atoms with van der Waals surface area (Å²) in [4.78, 5) is 6.72. The molecule has 0 aromatic rings. The number of rotatable bonds is 6. The number of hydrogen-bond donors (Lipinski definition) is 1. The average Bonchev–Trinajstić information content (AvgIpc) is 2.90. The van der Waals surface area contributed by atoms with Crippen LogP contribution in [0.3, 0.4) is 0 Å². The SMILES string of the molecule is C/N=C(OCCCN1CCCC1)\C(C)=C(/C)NC. The van der Waals surface area contributed by atoms with Crippen LogP contribution < -0.4 is 5.32 Å². The molecule has 0 aromatic carbocycles. The Bertz CT molecular complexity index is 304. The molecule has 0 radical (unpaired) electrons. The number of hydrogen-bond acceptors (Lipinski definition) is 4. The minimum atomic E-state index is 0.748. The van der Waals surface area contributed by atoms with E-state index in [2.05, 4.69) is 15.2 Å². The highest BCUT2D eigenvalue weighted by Crippen LogP contribution is 2.08. The van der Waals surface area contributed by atoms with E-state index in [4.69, 9.17) is 4.74 Å². The van der Waals surface area contributed by atoms with Crippen LogP contribution in [-0.2, 0) is 4.74 Å². The minimum Gasteiger partial charge on any atom is -0.478 e. The molecule has 0 aromatic heterocycles. The Morgan fingerprint density at radius 2 is 1.94 bits per heavy atom. The number of aliphatic imine (C=N–C) groups is 1. The molecular weight excluding hydrogens is 226 g/mol. The molecule has 0 saturated carbocycles. The number of likely N-dealkylation sites (tertiary alicyclic amines) is 1. The van der Waals surface area contributed by atoms with Gasteiger partial charge in [-0.1, -0.05) is 0 Å². The lowest BCUT2D eigenvalue weighted by Crippen LogP contribution is -2.22. The van der Waals surface area contributed by atoms with Crippen molar-refractivity contribution in [2.75, 3.05) is 40.3 Å². The van der Waals surface area contributed by atoms with E-state index in [9.17, 15) is 0 Å². The van der Waals surface area contributed by atoms with Gasteiger partial charge in [0, 0.05) is 31.9 Å². The van der Waals surface area contributed by atoms with Crippen LogP contribution in [0.25, 0.3) is 0 Å². The molecule has 1 saturated heterocycles. The van der Waals surface area contributed by atoms with Crippen LogP contribution in [0.15, 0.2) is 16.3 Å². The van der Waals surface area contributed by atoms with Crippen LogP contribution in [0.2, 0.25) is 0 Å². The Labute approximate surface area is 111 Å². The van der Waals surface area contributed by atoms with Gasteiger partial charge in [0.25, 0.3) is 0 Å². The summed E-state index contributed by atoms with van der Waals surface area (Å²) < 4.78 is 5.76. The molecule has 0 atom stereocenters. The lowest BCUT2D eigenvalue weighted by molar-refractivity contribution is 0.255. The molecular formula is C14H27N3O. The van der Waals surface area contributed by atoms with Gasteiger partial charge in [-0.3, -0.25) is 4.99 Å². The van der Waals surface area contributed by atoms with Gasteiger partial charge < -0.3 is 15.0 Å². The highest BCUT2D eigenvalue weighted by atomic mass is 16.5. The first-order valence-electron chi connectivity index (χ1n) is 6.86. The maximum Gasteiger partial charge on any atom is 0.213 e. The van der Waals surface area contributed by atoms with Gasteiger partial charge in [0.1, 0.15) is 0 Å². The van der Waals surface area contributed by atoms with E-state index < -0.39 is 0 Å². The van der Waals surface area contributed by atoms with E-state index in [1.165, 1.54) is 25.9 Å². The fourth-order valence-electron chi connectivity index (χ4n) is 2.15. The van der Waals surface area contributed by atoms with Crippen LogP contribution in [0.4, 0.5) is 0 Å². The van der Waals surface area contributed by atoms with E-state index in [0.717, 1.165) is 36.7 Å². The molecule has 18 heavy (non-hydrogen) atoms. The maximum atomic E-state index is 5.76. The Kier molecular flexibility index (Phi) is 6.80. The van der Waals surface area contributed by atoms with E-state index >= 15 is 0 Å². The van der Waals surface area contributed by atoms with Crippen molar-refractivity contribution in [3.05, 3.63) is 11.3 Å². The largest absolute Gasteiger partial charge is 0.478 e.